The zero-order valence-electron chi connectivity index (χ0n) is 9.49. The standard InChI is InChI=1S/C10H21NO4/c1-14-8-9(5-7-12)11-6-3-4-10(13)15-2/h9,11-12H,3-8H2,1-2H3. The zero-order valence-corrected chi connectivity index (χ0v) is 9.49. The number of aliphatic hydroxyl groups is 1. The highest BCUT2D eigenvalue weighted by Crippen LogP contribution is 1.95. The van der Waals surface area contributed by atoms with Crippen molar-refractivity contribution in [3.05, 3.63) is 0 Å². The SMILES string of the molecule is COCC(CCO)NCCCC(=O)OC. The fraction of sp³-hybridized carbons (Fsp3) is 0.900. The molecule has 15 heavy (non-hydrogen) atoms. The molecule has 0 amide bonds. The van der Waals surface area contributed by atoms with Gasteiger partial charge in [0.25, 0.3) is 0 Å². The van der Waals surface area contributed by atoms with Crippen molar-refractivity contribution in [2.75, 3.05) is 34.0 Å². The van der Waals surface area contributed by atoms with E-state index in [0.29, 0.717) is 19.4 Å². The van der Waals surface area contributed by atoms with Gasteiger partial charge in [-0.2, -0.15) is 0 Å². The van der Waals surface area contributed by atoms with Gasteiger partial charge >= 0.3 is 5.97 Å². The van der Waals surface area contributed by atoms with E-state index in [2.05, 4.69) is 10.1 Å². The molecule has 1 atom stereocenters. The average Bonchev–Trinajstić information content (AvgIpc) is 2.24. The van der Waals surface area contributed by atoms with Crippen LogP contribution in [0.5, 0.6) is 0 Å². The van der Waals surface area contributed by atoms with Gasteiger partial charge in [0.1, 0.15) is 0 Å². The third-order valence-corrected chi connectivity index (χ3v) is 2.06. The summed E-state index contributed by atoms with van der Waals surface area (Å²) in [6, 6.07) is 0.151. The van der Waals surface area contributed by atoms with Crippen molar-refractivity contribution in [1.29, 1.82) is 0 Å². The zero-order chi connectivity index (χ0) is 11.5. The Kier molecular flexibility index (Phi) is 9.46. The number of aliphatic hydroxyl groups excluding tert-OH is 1. The molecule has 0 aliphatic carbocycles. The Hall–Kier alpha value is -0.650. The number of hydrogen-bond donors (Lipinski definition) is 2. The Balaban J connectivity index is 3.48. The van der Waals surface area contributed by atoms with Crippen LogP contribution in [0.1, 0.15) is 19.3 Å². The molecule has 0 radical (unpaired) electrons. The summed E-state index contributed by atoms with van der Waals surface area (Å²) in [5.41, 5.74) is 0. The first-order valence-corrected chi connectivity index (χ1v) is 5.14. The summed E-state index contributed by atoms with van der Waals surface area (Å²) in [4.78, 5) is 10.8. The minimum Gasteiger partial charge on any atom is -0.469 e. The first-order valence-electron chi connectivity index (χ1n) is 5.14. The van der Waals surface area contributed by atoms with E-state index in [-0.39, 0.29) is 18.6 Å². The number of rotatable bonds is 9. The second kappa shape index (κ2) is 9.89. The summed E-state index contributed by atoms with van der Waals surface area (Å²) >= 11 is 0. The van der Waals surface area contributed by atoms with Crippen molar-refractivity contribution in [2.24, 2.45) is 0 Å². The molecule has 2 N–H and O–H groups in total. The third kappa shape index (κ3) is 8.35. The molecule has 90 valence electrons. The van der Waals surface area contributed by atoms with Gasteiger partial charge in [-0.3, -0.25) is 4.79 Å². The minimum absolute atomic E-state index is 0.137. The molecule has 0 spiro atoms. The quantitative estimate of drug-likeness (QED) is 0.419. The molecule has 0 aromatic rings. The highest BCUT2D eigenvalue weighted by Gasteiger charge is 2.07. The van der Waals surface area contributed by atoms with E-state index in [9.17, 15) is 4.79 Å². The van der Waals surface area contributed by atoms with Gasteiger partial charge in [-0.25, -0.2) is 0 Å². The van der Waals surface area contributed by atoms with Crippen molar-refractivity contribution < 1.29 is 19.4 Å². The highest BCUT2D eigenvalue weighted by atomic mass is 16.5. The second-order valence-electron chi connectivity index (χ2n) is 3.30. The Morgan fingerprint density at radius 2 is 2.20 bits per heavy atom. The van der Waals surface area contributed by atoms with E-state index in [1.807, 2.05) is 0 Å². The molecule has 5 heteroatoms. The third-order valence-electron chi connectivity index (χ3n) is 2.06. The van der Waals surface area contributed by atoms with Crippen LogP contribution in [0, 0.1) is 0 Å². The predicted molar refractivity (Wildman–Crippen MR) is 56.6 cm³/mol. The van der Waals surface area contributed by atoms with Crippen LogP contribution in [0.3, 0.4) is 0 Å². The van der Waals surface area contributed by atoms with Crippen LogP contribution in [0.2, 0.25) is 0 Å². The lowest BCUT2D eigenvalue weighted by atomic mass is 10.2. The maximum absolute atomic E-state index is 10.8. The molecule has 0 aliphatic heterocycles. The molecule has 0 aromatic heterocycles. The predicted octanol–water partition coefficient (Wildman–Crippen LogP) is -0.0734. The van der Waals surface area contributed by atoms with Gasteiger partial charge in [-0.05, 0) is 19.4 Å². The number of carbonyl (C=O) groups is 1. The molecular weight excluding hydrogens is 198 g/mol. The largest absolute Gasteiger partial charge is 0.469 e. The Morgan fingerprint density at radius 3 is 2.73 bits per heavy atom. The van der Waals surface area contributed by atoms with Gasteiger partial charge in [-0.15, -0.1) is 0 Å². The molecule has 0 saturated heterocycles. The number of carbonyl (C=O) groups excluding carboxylic acids is 1. The summed E-state index contributed by atoms with van der Waals surface area (Å²) in [5, 5.41) is 12.0. The fourth-order valence-corrected chi connectivity index (χ4v) is 1.24. The topological polar surface area (TPSA) is 67.8 Å². The fourth-order valence-electron chi connectivity index (χ4n) is 1.24. The van der Waals surface area contributed by atoms with Crippen molar-refractivity contribution in [1.82, 2.24) is 5.32 Å². The molecule has 0 rings (SSSR count). The van der Waals surface area contributed by atoms with Crippen molar-refractivity contribution in [2.45, 2.75) is 25.3 Å². The average molecular weight is 219 g/mol. The number of ether oxygens (including phenoxy) is 2. The van der Waals surface area contributed by atoms with E-state index in [4.69, 9.17) is 9.84 Å². The lowest BCUT2D eigenvalue weighted by molar-refractivity contribution is -0.140. The van der Waals surface area contributed by atoms with Gasteiger partial charge < -0.3 is 19.9 Å². The molecule has 5 nitrogen and oxygen atoms in total. The molecule has 0 heterocycles. The van der Waals surface area contributed by atoms with E-state index in [1.54, 1.807) is 7.11 Å². The van der Waals surface area contributed by atoms with Crippen molar-refractivity contribution >= 4 is 5.97 Å². The smallest absolute Gasteiger partial charge is 0.305 e. The minimum atomic E-state index is -0.192. The van der Waals surface area contributed by atoms with Crippen LogP contribution in [-0.4, -0.2) is 51.1 Å². The lowest BCUT2D eigenvalue weighted by Gasteiger charge is -2.16. The molecule has 0 fully saturated rings. The Bertz CT molecular complexity index is 158. The van der Waals surface area contributed by atoms with Crippen LogP contribution in [-0.2, 0) is 14.3 Å². The molecule has 0 aromatic carbocycles. The summed E-state index contributed by atoms with van der Waals surface area (Å²) in [6.07, 6.45) is 1.81. The monoisotopic (exact) mass is 219 g/mol. The van der Waals surface area contributed by atoms with Crippen molar-refractivity contribution in [3.8, 4) is 0 Å². The Morgan fingerprint density at radius 1 is 1.47 bits per heavy atom. The van der Waals surface area contributed by atoms with Crippen LogP contribution in [0.4, 0.5) is 0 Å². The van der Waals surface area contributed by atoms with Crippen LogP contribution in [0.15, 0.2) is 0 Å². The van der Waals surface area contributed by atoms with Crippen molar-refractivity contribution in [3.63, 3.8) is 0 Å². The van der Waals surface area contributed by atoms with Gasteiger partial charge in [0, 0.05) is 26.2 Å². The van der Waals surface area contributed by atoms with E-state index >= 15 is 0 Å². The second-order valence-corrected chi connectivity index (χ2v) is 3.30. The maximum Gasteiger partial charge on any atom is 0.305 e. The van der Waals surface area contributed by atoms with Gasteiger partial charge in [0.15, 0.2) is 0 Å². The van der Waals surface area contributed by atoms with E-state index in [1.165, 1.54) is 7.11 Å². The number of hydrogen-bond acceptors (Lipinski definition) is 5. The van der Waals surface area contributed by atoms with E-state index < -0.39 is 0 Å². The number of esters is 1. The molecule has 0 saturated carbocycles. The van der Waals surface area contributed by atoms with Gasteiger partial charge in [-0.1, -0.05) is 0 Å². The van der Waals surface area contributed by atoms with Crippen LogP contribution in [0.25, 0.3) is 0 Å². The Labute approximate surface area is 90.8 Å². The maximum atomic E-state index is 10.8. The van der Waals surface area contributed by atoms with Crippen LogP contribution >= 0.6 is 0 Å². The van der Waals surface area contributed by atoms with Gasteiger partial charge in [0.05, 0.1) is 13.7 Å². The normalized spacial score (nSPS) is 12.5. The summed E-state index contributed by atoms with van der Waals surface area (Å²) in [7, 11) is 3.01. The number of nitrogens with one attached hydrogen (secondary N) is 1. The summed E-state index contributed by atoms with van der Waals surface area (Å²) < 4.78 is 9.51. The molecule has 0 aliphatic rings. The van der Waals surface area contributed by atoms with Gasteiger partial charge in [0.2, 0.25) is 0 Å². The molecule has 0 bridgehead atoms. The first kappa shape index (κ1) is 14.3. The molecule has 1 unspecified atom stereocenters. The molecular formula is C10H21NO4. The van der Waals surface area contributed by atoms with Crippen LogP contribution < -0.4 is 5.32 Å². The van der Waals surface area contributed by atoms with E-state index in [0.717, 1.165) is 13.0 Å². The first-order chi connectivity index (χ1) is 7.24. The summed E-state index contributed by atoms with van der Waals surface area (Å²) in [5.74, 6) is -0.192. The lowest BCUT2D eigenvalue weighted by Crippen LogP contribution is -2.34. The summed E-state index contributed by atoms with van der Waals surface area (Å²) in [6.45, 7) is 1.43. The number of methoxy groups -OCH3 is 2. The highest BCUT2D eigenvalue weighted by molar-refractivity contribution is 5.69.